The second-order valence-corrected chi connectivity index (χ2v) is 5.42. The molecule has 0 aliphatic carbocycles. The lowest BCUT2D eigenvalue weighted by Crippen LogP contribution is -2.31. The van der Waals surface area contributed by atoms with Gasteiger partial charge in [0, 0.05) is 18.8 Å². The second-order valence-electron chi connectivity index (χ2n) is 5.42. The summed E-state index contributed by atoms with van der Waals surface area (Å²) in [6.45, 7) is 7.65. The van der Waals surface area contributed by atoms with E-state index < -0.39 is 0 Å². The van der Waals surface area contributed by atoms with Crippen LogP contribution in [0.1, 0.15) is 18.4 Å². The van der Waals surface area contributed by atoms with Gasteiger partial charge in [0.15, 0.2) is 0 Å². The number of anilines is 1. The molecule has 3 rings (SSSR count). The van der Waals surface area contributed by atoms with Gasteiger partial charge in [-0.1, -0.05) is 5.22 Å². The lowest BCUT2D eigenvalue weighted by atomic mass is 10.1. The number of hydrogen-bond donors (Lipinski definition) is 0. The molecule has 5 heteroatoms. The molecule has 0 unspecified atom stereocenters. The lowest BCUT2D eigenvalue weighted by Gasteiger charge is -2.22. The van der Waals surface area contributed by atoms with Gasteiger partial charge in [0.1, 0.15) is 0 Å². The number of ether oxygens (including phenoxy) is 1. The smallest absolute Gasteiger partial charge is 0.0878 e. The van der Waals surface area contributed by atoms with Crippen LogP contribution in [0.25, 0.3) is 0 Å². The third kappa shape index (κ3) is 3.10. The number of hydrogen-bond acceptors (Lipinski definition) is 4. The third-order valence-electron chi connectivity index (χ3n) is 3.90. The van der Waals surface area contributed by atoms with Crippen molar-refractivity contribution in [1.82, 2.24) is 5.01 Å². The van der Waals surface area contributed by atoms with Gasteiger partial charge in [-0.15, -0.1) is 5.11 Å². The van der Waals surface area contributed by atoms with Crippen LogP contribution < -0.4 is 4.90 Å². The first-order valence-electron chi connectivity index (χ1n) is 7.43. The first-order valence-corrected chi connectivity index (χ1v) is 7.43. The van der Waals surface area contributed by atoms with Crippen LogP contribution >= 0.6 is 0 Å². The van der Waals surface area contributed by atoms with Crippen molar-refractivity contribution >= 4 is 11.4 Å². The number of rotatable bonds is 3. The largest absolute Gasteiger partial charge is 0.378 e. The summed E-state index contributed by atoms with van der Waals surface area (Å²) in [5.74, 6) is 0. The van der Waals surface area contributed by atoms with Crippen molar-refractivity contribution in [1.29, 1.82) is 0 Å². The standard InChI is InChI=1S/C15H22N4O/c1-13-12-14(16-17-19-8-10-20-11-9-19)4-5-15(13)18-6-2-3-7-18/h4-5,12H,2-3,6-11H2,1H3. The summed E-state index contributed by atoms with van der Waals surface area (Å²) in [6.07, 6.45) is 2.61. The van der Waals surface area contributed by atoms with Crippen LogP contribution in [0.2, 0.25) is 0 Å². The average molecular weight is 274 g/mol. The highest BCUT2D eigenvalue weighted by Crippen LogP contribution is 2.28. The Hall–Kier alpha value is -1.62. The number of aryl methyl sites for hydroxylation is 1. The Labute approximate surface area is 120 Å². The van der Waals surface area contributed by atoms with E-state index in [-0.39, 0.29) is 0 Å². The van der Waals surface area contributed by atoms with Gasteiger partial charge in [-0.2, -0.15) is 0 Å². The summed E-state index contributed by atoms with van der Waals surface area (Å²) in [7, 11) is 0. The van der Waals surface area contributed by atoms with Gasteiger partial charge in [0.05, 0.1) is 32.0 Å². The summed E-state index contributed by atoms with van der Waals surface area (Å²) in [5, 5.41) is 10.6. The highest BCUT2D eigenvalue weighted by molar-refractivity contribution is 5.59. The minimum absolute atomic E-state index is 0.742. The Morgan fingerprint density at radius 2 is 1.80 bits per heavy atom. The molecule has 2 heterocycles. The van der Waals surface area contributed by atoms with Gasteiger partial charge < -0.3 is 9.64 Å². The van der Waals surface area contributed by atoms with E-state index in [2.05, 4.69) is 40.4 Å². The first kappa shape index (κ1) is 13.4. The van der Waals surface area contributed by atoms with Gasteiger partial charge in [-0.3, -0.25) is 5.01 Å². The molecule has 1 aromatic carbocycles. The molecule has 5 nitrogen and oxygen atoms in total. The second kappa shape index (κ2) is 6.22. The molecule has 0 amide bonds. The lowest BCUT2D eigenvalue weighted by molar-refractivity contribution is 0.0353. The quantitative estimate of drug-likeness (QED) is 0.796. The number of morpholine rings is 1. The van der Waals surface area contributed by atoms with Crippen molar-refractivity contribution in [3.8, 4) is 0 Å². The molecule has 2 aliphatic rings. The fourth-order valence-electron chi connectivity index (χ4n) is 2.77. The molecule has 108 valence electrons. The van der Waals surface area contributed by atoms with E-state index in [9.17, 15) is 0 Å². The Bertz CT molecular complexity index is 477. The van der Waals surface area contributed by atoms with Crippen LogP contribution in [0.5, 0.6) is 0 Å². The predicted molar refractivity (Wildman–Crippen MR) is 79.5 cm³/mol. The highest BCUT2D eigenvalue weighted by atomic mass is 16.5. The number of benzene rings is 1. The molecular formula is C15H22N4O. The van der Waals surface area contributed by atoms with E-state index in [1.165, 1.54) is 37.2 Å². The molecule has 1 aromatic rings. The van der Waals surface area contributed by atoms with Crippen molar-refractivity contribution < 1.29 is 4.74 Å². The molecule has 2 saturated heterocycles. The van der Waals surface area contributed by atoms with Gasteiger partial charge in [-0.05, 0) is 43.5 Å². The van der Waals surface area contributed by atoms with Gasteiger partial charge in [-0.25, -0.2) is 0 Å². The van der Waals surface area contributed by atoms with E-state index in [0.29, 0.717) is 0 Å². The monoisotopic (exact) mass is 274 g/mol. The molecule has 0 aromatic heterocycles. The van der Waals surface area contributed by atoms with Crippen molar-refractivity contribution in [3.05, 3.63) is 23.8 Å². The van der Waals surface area contributed by atoms with E-state index in [4.69, 9.17) is 4.74 Å². The molecule has 0 radical (unpaired) electrons. The number of nitrogens with zero attached hydrogens (tertiary/aromatic N) is 4. The van der Waals surface area contributed by atoms with Crippen LogP contribution in [0.3, 0.4) is 0 Å². The van der Waals surface area contributed by atoms with E-state index in [0.717, 1.165) is 32.0 Å². The normalized spacial score (nSPS) is 20.1. The highest BCUT2D eigenvalue weighted by Gasteiger charge is 2.14. The molecule has 0 spiro atoms. The zero-order valence-corrected chi connectivity index (χ0v) is 12.1. The minimum atomic E-state index is 0.742. The van der Waals surface area contributed by atoms with E-state index in [1.54, 1.807) is 0 Å². The van der Waals surface area contributed by atoms with Crippen molar-refractivity contribution in [2.45, 2.75) is 19.8 Å². The maximum atomic E-state index is 5.29. The topological polar surface area (TPSA) is 40.4 Å². The summed E-state index contributed by atoms with van der Waals surface area (Å²) >= 11 is 0. The maximum absolute atomic E-state index is 5.29. The third-order valence-corrected chi connectivity index (χ3v) is 3.90. The van der Waals surface area contributed by atoms with E-state index >= 15 is 0 Å². The van der Waals surface area contributed by atoms with E-state index in [1.807, 2.05) is 5.01 Å². The average Bonchev–Trinajstić information content (AvgIpc) is 3.00. The fraction of sp³-hybridized carbons (Fsp3) is 0.600. The Morgan fingerprint density at radius 3 is 2.50 bits per heavy atom. The first-order chi connectivity index (χ1) is 9.83. The SMILES string of the molecule is Cc1cc(N=NN2CCOCC2)ccc1N1CCCC1. The van der Waals surface area contributed by atoms with Crippen LogP contribution in [0, 0.1) is 6.92 Å². The molecule has 2 aliphatic heterocycles. The Morgan fingerprint density at radius 1 is 1.05 bits per heavy atom. The Balaban J connectivity index is 1.68. The van der Waals surface area contributed by atoms with Gasteiger partial charge in [0.2, 0.25) is 0 Å². The molecule has 0 bridgehead atoms. The fourth-order valence-corrected chi connectivity index (χ4v) is 2.77. The van der Waals surface area contributed by atoms with Gasteiger partial charge in [0.25, 0.3) is 0 Å². The Kier molecular flexibility index (Phi) is 4.16. The summed E-state index contributed by atoms with van der Waals surface area (Å²) in [6, 6.07) is 6.36. The van der Waals surface area contributed by atoms with Crippen molar-refractivity contribution in [2.75, 3.05) is 44.3 Å². The molecular weight excluding hydrogens is 252 g/mol. The predicted octanol–water partition coefficient (Wildman–Crippen LogP) is 2.93. The molecule has 0 saturated carbocycles. The van der Waals surface area contributed by atoms with Crippen LogP contribution in [0.4, 0.5) is 11.4 Å². The zero-order valence-electron chi connectivity index (χ0n) is 12.1. The van der Waals surface area contributed by atoms with Crippen LogP contribution in [0.15, 0.2) is 28.5 Å². The molecule has 2 fully saturated rings. The van der Waals surface area contributed by atoms with Crippen LogP contribution in [-0.2, 0) is 4.74 Å². The maximum Gasteiger partial charge on any atom is 0.0878 e. The van der Waals surface area contributed by atoms with Crippen LogP contribution in [-0.4, -0.2) is 44.4 Å². The zero-order chi connectivity index (χ0) is 13.8. The molecule has 0 atom stereocenters. The van der Waals surface area contributed by atoms with Crippen molar-refractivity contribution in [2.24, 2.45) is 10.3 Å². The van der Waals surface area contributed by atoms with Crippen molar-refractivity contribution in [3.63, 3.8) is 0 Å². The summed E-state index contributed by atoms with van der Waals surface area (Å²) in [5.41, 5.74) is 3.55. The summed E-state index contributed by atoms with van der Waals surface area (Å²) < 4.78 is 5.29. The van der Waals surface area contributed by atoms with Gasteiger partial charge >= 0.3 is 0 Å². The minimum Gasteiger partial charge on any atom is -0.378 e. The molecule has 0 N–H and O–H groups in total. The molecule has 20 heavy (non-hydrogen) atoms. The summed E-state index contributed by atoms with van der Waals surface area (Å²) in [4.78, 5) is 2.46.